The van der Waals surface area contributed by atoms with Crippen LogP contribution in [-0.2, 0) is 9.59 Å². The average molecular weight is 343 g/mol. The van der Waals surface area contributed by atoms with Crippen molar-refractivity contribution in [3.8, 4) is 0 Å². The number of nitrogens with one attached hydrogen (secondary N) is 2. The first-order valence-corrected chi connectivity index (χ1v) is 8.85. The summed E-state index contributed by atoms with van der Waals surface area (Å²) in [4.78, 5) is 26.7. The molecule has 5 nitrogen and oxygen atoms in total. The smallest absolute Gasteiger partial charge is 0.228 e. The second-order valence-corrected chi connectivity index (χ2v) is 6.95. The molecule has 24 heavy (non-hydrogen) atoms. The summed E-state index contributed by atoms with van der Waals surface area (Å²) in [5, 5.41) is 9.99. The standard InChI is InChI=1S/C18H21N3O2S/c1-21(2)16(12-7-8-24-11-12)10-19-18(23)14-9-17(22)20-15-6-4-3-5-13(14)15/h3-8,11,14,16H,9-10H2,1-2H3,(H,19,23)(H,20,22)/t14-,16+/m1/s1. The molecule has 1 aliphatic rings. The van der Waals surface area contributed by atoms with Gasteiger partial charge in [0.15, 0.2) is 0 Å². The Hall–Kier alpha value is -2.18. The summed E-state index contributed by atoms with van der Waals surface area (Å²) in [6.45, 7) is 0.517. The van der Waals surface area contributed by atoms with Crippen LogP contribution in [0.15, 0.2) is 41.1 Å². The van der Waals surface area contributed by atoms with Gasteiger partial charge in [0, 0.05) is 18.7 Å². The van der Waals surface area contributed by atoms with Crippen LogP contribution in [0.25, 0.3) is 0 Å². The summed E-state index contributed by atoms with van der Waals surface area (Å²) in [5.74, 6) is -0.643. The van der Waals surface area contributed by atoms with Crippen LogP contribution in [0, 0.1) is 0 Å². The molecule has 0 aliphatic carbocycles. The van der Waals surface area contributed by atoms with E-state index < -0.39 is 5.92 Å². The molecule has 1 aromatic heterocycles. The van der Waals surface area contributed by atoms with Crippen molar-refractivity contribution in [2.75, 3.05) is 26.0 Å². The lowest BCUT2D eigenvalue weighted by Crippen LogP contribution is -2.39. The van der Waals surface area contributed by atoms with Crippen molar-refractivity contribution in [1.82, 2.24) is 10.2 Å². The summed E-state index contributed by atoms with van der Waals surface area (Å²) in [7, 11) is 4.00. The van der Waals surface area contributed by atoms with E-state index >= 15 is 0 Å². The lowest BCUT2D eigenvalue weighted by Gasteiger charge is -2.27. The van der Waals surface area contributed by atoms with E-state index in [4.69, 9.17) is 0 Å². The lowest BCUT2D eigenvalue weighted by atomic mass is 9.89. The number of benzene rings is 1. The normalized spacial score (nSPS) is 18.0. The number of carbonyl (C=O) groups excluding carboxylic acids is 2. The van der Waals surface area contributed by atoms with E-state index in [0.717, 1.165) is 11.3 Å². The number of amides is 2. The molecule has 0 fully saturated rings. The zero-order valence-corrected chi connectivity index (χ0v) is 14.6. The second-order valence-electron chi connectivity index (χ2n) is 6.17. The van der Waals surface area contributed by atoms with Gasteiger partial charge in [0.25, 0.3) is 0 Å². The quantitative estimate of drug-likeness (QED) is 0.877. The van der Waals surface area contributed by atoms with Gasteiger partial charge in [0.05, 0.1) is 12.0 Å². The Kier molecular flexibility index (Phi) is 4.97. The van der Waals surface area contributed by atoms with Crippen LogP contribution in [0.2, 0.25) is 0 Å². The second kappa shape index (κ2) is 7.15. The fourth-order valence-corrected chi connectivity index (χ4v) is 3.74. The molecule has 2 aromatic rings. The van der Waals surface area contributed by atoms with Crippen LogP contribution in [0.1, 0.15) is 29.5 Å². The van der Waals surface area contributed by atoms with Crippen molar-refractivity contribution in [1.29, 1.82) is 0 Å². The molecule has 2 heterocycles. The van der Waals surface area contributed by atoms with Crippen LogP contribution in [0.3, 0.4) is 0 Å². The minimum atomic E-state index is -0.430. The molecule has 2 amide bonds. The monoisotopic (exact) mass is 343 g/mol. The minimum Gasteiger partial charge on any atom is -0.354 e. The van der Waals surface area contributed by atoms with Crippen LogP contribution in [0.5, 0.6) is 0 Å². The zero-order valence-electron chi connectivity index (χ0n) is 13.8. The van der Waals surface area contributed by atoms with Gasteiger partial charge in [0.2, 0.25) is 11.8 Å². The molecule has 6 heteroatoms. The fourth-order valence-electron chi connectivity index (χ4n) is 3.03. The first kappa shape index (κ1) is 16.7. The highest BCUT2D eigenvalue weighted by Crippen LogP contribution is 2.32. The third-order valence-electron chi connectivity index (χ3n) is 4.34. The Morgan fingerprint density at radius 3 is 2.88 bits per heavy atom. The van der Waals surface area contributed by atoms with Crippen LogP contribution >= 0.6 is 11.3 Å². The SMILES string of the molecule is CN(C)[C@@H](CNC(=O)[C@@H]1CC(=O)Nc2ccccc21)c1ccsc1. The predicted octanol–water partition coefficient (Wildman–Crippen LogP) is 2.59. The van der Waals surface area contributed by atoms with Gasteiger partial charge in [-0.1, -0.05) is 18.2 Å². The first-order valence-electron chi connectivity index (χ1n) is 7.91. The zero-order chi connectivity index (χ0) is 17.1. The maximum atomic E-state index is 12.7. The van der Waals surface area contributed by atoms with Crippen molar-refractivity contribution in [3.05, 3.63) is 52.2 Å². The highest BCUT2D eigenvalue weighted by Gasteiger charge is 2.30. The average Bonchev–Trinajstić information content (AvgIpc) is 3.07. The van der Waals surface area contributed by atoms with Gasteiger partial charge in [-0.05, 0) is 48.1 Å². The number of likely N-dealkylation sites (N-methyl/N-ethyl adjacent to an activating group) is 1. The molecule has 126 valence electrons. The maximum absolute atomic E-state index is 12.7. The topological polar surface area (TPSA) is 61.4 Å². The van der Waals surface area contributed by atoms with Crippen molar-refractivity contribution in [2.24, 2.45) is 0 Å². The molecule has 0 bridgehead atoms. The van der Waals surface area contributed by atoms with Gasteiger partial charge in [-0.15, -0.1) is 0 Å². The van der Waals surface area contributed by atoms with Crippen molar-refractivity contribution < 1.29 is 9.59 Å². The molecule has 0 unspecified atom stereocenters. The third kappa shape index (κ3) is 3.49. The summed E-state index contributed by atoms with van der Waals surface area (Å²) in [6, 6.07) is 9.68. The van der Waals surface area contributed by atoms with E-state index in [1.165, 1.54) is 5.56 Å². The Morgan fingerprint density at radius 2 is 2.17 bits per heavy atom. The molecule has 0 radical (unpaired) electrons. The summed E-state index contributed by atoms with van der Waals surface area (Å²) >= 11 is 1.65. The van der Waals surface area contributed by atoms with E-state index in [9.17, 15) is 9.59 Å². The van der Waals surface area contributed by atoms with Crippen LogP contribution in [0.4, 0.5) is 5.69 Å². The third-order valence-corrected chi connectivity index (χ3v) is 5.04. The number of para-hydroxylation sites is 1. The molecule has 1 aliphatic heterocycles. The number of fused-ring (bicyclic) bond motifs is 1. The largest absolute Gasteiger partial charge is 0.354 e. The van der Waals surface area contributed by atoms with E-state index in [-0.39, 0.29) is 24.3 Å². The van der Waals surface area contributed by atoms with Gasteiger partial charge in [-0.3, -0.25) is 9.59 Å². The predicted molar refractivity (Wildman–Crippen MR) is 96.2 cm³/mol. The number of anilines is 1. The van der Waals surface area contributed by atoms with Crippen LogP contribution in [-0.4, -0.2) is 37.4 Å². The Morgan fingerprint density at radius 1 is 1.38 bits per heavy atom. The minimum absolute atomic E-state index is 0.0978. The Labute approximate surface area is 145 Å². The van der Waals surface area contributed by atoms with E-state index in [1.54, 1.807) is 11.3 Å². The molecule has 1 aromatic carbocycles. The number of carbonyl (C=O) groups is 2. The molecule has 2 N–H and O–H groups in total. The highest BCUT2D eigenvalue weighted by atomic mass is 32.1. The Bertz CT molecular complexity index is 728. The molecule has 2 atom stereocenters. The van der Waals surface area contributed by atoms with E-state index in [2.05, 4.69) is 27.0 Å². The summed E-state index contributed by atoms with van der Waals surface area (Å²) < 4.78 is 0. The van der Waals surface area contributed by atoms with Gasteiger partial charge in [0.1, 0.15) is 0 Å². The highest BCUT2D eigenvalue weighted by molar-refractivity contribution is 7.07. The first-order chi connectivity index (χ1) is 11.6. The van der Waals surface area contributed by atoms with Gasteiger partial charge in [-0.2, -0.15) is 11.3 Å². The number of rotatable bonds is 5. The number of hydrogen-bond acceptors (Lipinski definition) is 4. The van der Waals surface area contributed by atoms with E-state index in [1.807, 2.05) is 43.7 Å². The number of nitrogens with zero attached hydrogens (tertiary/aromatic N) is 1. The summed E-state index contributed by atoms with van der Waals surface area (Å²) in [6.07, 6.45) is 0.188. The van der Waals surface area contributed by atoms with E-state index in [0.29, 0.717) is 6.54 Å². The van der Waals surface area contributed by atoms with Crippen molar-refractivity contribution >= 4 is 28.8 Å². The van der Waals surface area contributed by atoms with Crippen molar-refractivity contribution in [3.63, 3.8) is 0 Å². The number of thiophene rings is 1. The Balaban J connectivity index is 1.72. The molecular weight excluding hydrogens is 322 g/mol. The van der Waals surface area contributed by atoms with Gasteiger partial charge < -0.3 is 15.5 Å². The number of hydrogen-bond donors (Lipinski definition) is 2. The van der Waals surface area contributed by atoms with Crippen LogP contribution < -0.4 is 10.6 Å². The maximum Gasteiger partial charge on any atom is 0.228 e. The lowest BCUT2D eigenvalue weighted by molar-refractivity contribution is -0.126. The molecule has 0 saturated carbocycles. The summed E-state index contributed by atoms with van der Waals surface area (Å²) in [5.41, 5.74) is 2.80. The van der Waals surface area contributed by atoms with Crippen molar-refractivity contribution in [2.45, 2.75) is 18.4 Å². The molecule has 3 rings (SSSR count). The molecule has 0 saturated heterocycles. The fraction of sp³-hybridized carbons (Fsp3) is 0.333. The molecule has 0 spiro atoms. The van der Waals surface area contributed by atoms with Gasteiger partial charge in [-0.25, -0.2) is 0 Å². The van der Waals surface area contributed by atoms with Gasteiger partial charge >= 0.3 is 0 Å². The molecular formula is C18H21N3O2S.